The van der Waals surface area contributed by atoms with Crippen LogP contribution in [0.1, 0.15) is 29.7 Å². The van der Waals surface area contributed by atoms with Crippen LogP contribution in [0.25, 0.3) is 11.2 Å². The Labute approximate surface area is 193 Å². The topological polar surface area (TPSA) is 203 Å². The molecule has 0 spiro atoms. The van der Waals surface area contributed by atoms with Crippen LogP contribution in [0.2, 0.25) is 0 Å². The summed E-state index contributed by atoms with van der Waals surface area (Å²) in [5.74, 6) is -1.34. The van der Waals surface area contributed by atoms with Crippen LogP contribution in [0.5, 0.6) is 5.75 Å². The number of anilines is 2. The number of aliphatic hydroxyl groups excluding tert-OH is 1. The van der Waals surface area contributed by atoms with Crippen molar-refractivity contribution in [2.24, 2.45) is 0 Å². The first-order valence-electron chi connectivity index (χ1n) is 10.4. The van der Waals surface area contributed by atoms with Gasteiger partial charge in [-0.3, -0.25) is 4.79 Å². The number of aliphatic hydroxyl groups is 2. The van der Waals surface area contributed by atoms with Crippen LogP contribution in [0.4, 0.5) is 11.8 Å². The van der Waals surface area contributed by atoms with Gasteiger partial charge in [-0.15, -0.1) is 0 Å². The summed E-state index contributed by atoms with van der Waals surface area (Å²) in [7, 11) is 0. The Balaban J connectivity index is 1.69. The van der Waals surface area contributed by atoms with Gasteiger partial charge in [0.05, 0.1) is 24.1 Å². The van der Waals surface area contributed by atoms with Gasteiger partial charge < -0.3 is 41.0 Å². The van der Waals surface area contributed by atoms with E-state index in [1.165, 1.54) is 23.4 Å². The number of nitrogen functional groups attached to an aromatic ring is 2. The highest BCUT2D eigenvalue weighted by Crippen LogP contribution is 2.34. The lowest BCUT2D eigenvalue weighted by Crippen LogP contribution is -2.42. The van der Waals surface area contributed by atoms with Crippen molar-refractivity contribution in [3.05, 3.63) is 36.2 Å². The van der Waals surface area contributed by atoms with Crippen molar-refractivity contribution in [2.45, 2.75) is 31.1 Å². The molecule has 1 saturated heterocycles. The Morgan fingerprint density at radius 2 is 2.03 bits per heavy atom. The third-order valence-corrected chi connectivity index (χ3v) is 5.72. The molecule has 1 fully saturated rings. The molecule has 13 nitrogen and oxygen atoms in total. The van der Waals surface area contributed by atoms with E-state index in [0.717, 1.165) is 0 Å². The number of hydrogen-bond acceptors (Lipinski definition) is 10. The highest BCUT2D eigenvalue weighted by Gasteiger charge is 2.42. The van der Waals surface area contributed by atoms with Gasteiger partial charge in [-0.2, -0.15) is 9.97 Å². The van der Waals surface area contributed by atoms with E-state index in [2.05, 4.69) is 15.0 Å². The van der Waals surface area contributed by atoms with E-state index in [4.69, 9.17) is 21.3 Å². The molecule has 0 bridgehead atoms. The Bertz CT molecular complexity index is 1240. The Morgan fingerprint density at radius 3 is 2.76 bits per heavy atom. The molecule has 4 rings (SSSR count). The zero-order valence-electron chi connectivity index (χ0n) is 18.3. The molecule has 0 saturated carbocycles. The van der Waals surface area contributed by atoms with Gasteiger partial charge >= 0.3 is 5.97 Å². The van der Waals surface area contributed by atoms with E-state index >= 15 is 0 Å². The SMILES string of the molecule is C[C@@]1(O)C[C@H](O)CN(C(=O)c2cccc(OCC(=O)O)c2)C[C@H]1n1cnc2c(N)nc(N)nc21. The molecule has 7 N–H and O–H groups in total. The predicted molar refractivity (Wildman–Crippen MR) is 120 cm³/mol. The van der Waals surface area contributed by atoms with Gasteiger partial charge in [0, 0.05) is 25.1 Å². The lowest BCUT2D eigenvalue weighted by atomic mass is 9.91. The smallest absolute Gasteiger partial charge is 0.341 e. The summed E-state index contributed by atoms with van der Waals surface area (Å²) in [6, 6.07) is 5.34. The number of imidazole rings is 1. The van der Waals surface area contributed by atoms with Crippen LogP contribution in [0.15, 0.2) is 30.6 Å². The zero-order chi connectivity index (χ0) is 24.6. The van der Waals surface area contributed by atoms with Crippen LogP contribution < -0.4 is 16.2 Å². The molecule has 1 aromatic carbocycles. The minimum atomic E-state index is -1.44. The van der Waals surface area contributed by atoms with Gasteiger partial charge in [-0.05, 0) is 25.1 Å². The normalized spacial score (nSPS) is 23.0. The highest BCUT2D eigenvalue weighted by molar-refractivity contribution is 5.94. The number of rotatable bonds is 5. The average molecular weight is 471 g/mol. The van der Waals surface area contributed by atoms with E-state index in [0.29, 0.717) is 11.2 Å². The first-order valence-corrected chi connectivity index (χ1v) is 10.4. The maximum Gasteiger partial charge on any atom is 0.341 e. The number of carbonyl (C=O) groups excluding carboxylic acids is 1. The number of nitrogens with two attached hydrogens (primary N) is 2. The molecule has 1 amide bonds. The Hall–Kier alpha value is -3.97. The van der Waals surface area contributed by atoms with E-state index < -0.39 is 36.2 Å². The molecule has 1 aliphatic rings. The third kappa shape index (κ3) is 4.56. The number of ether oxygens (including phenoxy) is 1. The molecule has 3 aromatic rings. The standard InChI is InChI=1S/C21H25N7O6/c1-21(33)6-12(29)7-27(19(32)11-3-2-4-13(5-11)34-9-15(30)31)8-14(21)28-10-24-16-17(22)25-20(23)26-18(16)28/h2-5,10,12,14,29,33H,6-9H2,1H3,(H,30,31)(H4,22,23,25,26)/t12-,14+,21+/m0/s1. The van der Waals surface area contributed by atoms with Crippen molar-refractivity contribution in [1.82, 2.24) is 24.4 Å². The number of hydrogen-bond donors (Lipinski definition) is 5. The van der Waals surface area contributed by atoms with Gasteiger partial charge in [0.15, 0.2) is 18.1 Å². The minimum Gasteiger partial charge on any atom is -0.482 e. The average Bonchev–Trinajstić information content (AvgIpc) is 3.12. The van der Waals surface area contributed by atoms with Gasteiger partial charge in [0.25, 0.3) is 5.91 Å². The van der Waals surface area contributed by atoms with Crippen molar-refractivity contribution in [2.75, 3.05) is 31.2 Å². The molecule has 13 heteroatoms. The molecule has 3 atom stereocenters. The molecule has 180 valence electrons. The molecule has 1 aliphatic heterocycles. The molecule has 34 heavy (non-hydrogen) atoms. The summed E-state index contributed by atoms with van der Waals surface area (Å²) in [4.78, 5) is 37.9. The van der Waals surface area contributed by atoms with Crippen molar-refractivity contribution in [3.63, 3.8) is 0 Å². The fraction of sp³-hybridized carbons (Fsp3) is 0.381. The van der Waals surface area contributed by atoms with Gasteiger partial charge in [0.1, 0.15) is 11.3 Å². The number of aromatic nitrogens is 4. The fourth-order valence-corrected chi connectivity index (χ4v) is 4.20. The number of fused-ring (bicyclic) bond motifs is 1. The second kappa shape index (κ2) is 8.76. The number of carboxylic acid groups (broad SMARTS) is 1. The number of carboxylic acids is 1. The molecule has 0 unspecified atom stereocenters. The summed E-state index contributed by atoms with van der Waals surface area (Å²) in [5.41, 5.74) is 11.1. The molecule has 3 heterocycles. The second-order valence-electron chi connectivity index (χ2n) is 8.44. The van der Waals surface area contributed by atoms with Crippen LogP contribution in [-0.2, 0) is 4.79 Å². The van der Waals surface area contributed by atoms with Crippen LogP contribution in [0.3, 0.4) is 0 Å². The minimum absolute atomic E-state index is 0.0123. The van der Waals surface area contributed by atoms with Crippen LogP contribution in [-0.4, -0.2) is 83.0 Å². The summed E-state index contributed by atoms with van der Waals surface area (Å²) in [6.45, 7) is 0.998. The predicted octanol–water partition coefficient (Wildman–Crippen LogP) is -0.347. The first kappa shape index (κ1) is 23.2. The first-order chi connectivity index (χ1) is 16.0. The largest absolute Gasteiger partial charge is 0.482 e. The highest BCUT2D eigenvalue weighted by atomic mass is 16.5. The fourth-order valence-electron chi connectivity index (χ4n) is 4.20. The number of carbonyl (C=O) groups is 2. The summed E-state index contributed by atoms with van der Waals surface area (Å²) in [6.07, 6.45) is 0.420. The van der Waals surface area contributed by atoms with Gasteiger partial charge in [-0.25, -0.2) is 9.78 Å². The molecule has 2 aromatic heterocycles. The maximum absolute atomic E-state index is 13.4. The van der Waals surface area contributed by atoms with Crippen molar-refractivity contribution < 1.29 is 29.6 Å². The van der Waals surface area contributed by atoms with E-state index in [9.17, 15) is 19.8 Å². The van der Waals surface area contributed by atoms with Gasteiger partial charge in [-0.1, -0.05) is 6.07 Å². The van der Waals surface area contributed by atoms with Crippen molar-refractivity contribution in [1.29, 1.82) is 0 Å². The number of benzene rings is 1. The number of nitrogens with zero attached hydrogens (tertiary/aromatic N) is 5. The van der Waals surface area contributed by atoms with E-state index in [-0.39, 0.29) is 42.6 Å². The Morgan fingerprint density at radius 1 is 1.26 bits per heavy atom. The lowest BCUT2D eigenvalue weighted by molar-refractivity contribution is -0.139. The summed E-state index contributed by atoms with van der Waals surface area (Å²) < 4.78 is 6.74. The molecule has 0 radical (unpaired) electrons. The number of amides is 1. The number of likely N-dealkylation sites (tertiary alicyclic amines) is 1. The Kier molecular flexibility index (Phi) is 5.98. The molecule has 0 aliphatic carbocycles. The maximum atomic E-state index is 13.4. The molecular formula is C21H25N7O6. The second-order valence-corrected chi connectivity index (χ2v) is 8.44. The lowest BCUT2D eigenvalue weighted by Gasteiger charge is -2.34. The quantitative estimate of drug-likeness (QED) is 0.325. The number of aliphatic carboxylic acids is 1. The monoisotopic (exact) mass is 471 g/mol. The molecular weight excluding hydrogens is 446 g/mol. The third-order valence-electron chi connectivity index (χ3n) is 5.72. The van der Waals surface area contributed by atoms with Crippen LogP contribution in [0, 0.1) is 0 Å². The van der Waals surface area contributed by atoms with Crippen LogP contribution >= 0.6 is 0 Å². The van der Waals surface area contributed by atoms with Gasteiger partial charge in [0.2, 0.25) is 5.95 Å². The number of β-amino-alcohol motifs (C(OH)–C–C–N with tert-alkyl or cyclic N) is 1. The zero-order valence-corrected chi connectivity index (χ0v) is 18.3. The van der Waals surface area contributed by atoms with Crippen molar-refractivity contribution >= 4 is 34.8 Å². The van der Waals surface area contributed by atoms with E-state index in [1.807, 2.05) is 0 Å². The summed E-state index contributed by atoms with van der Waals surface area (Å²) >= 11 is 0. The summed E-state index contributed by atoms with van der Waals surface area (Å²) in [5, 5.41) is 30.6. The van der Waals surface area contributed by atoms with E-state index in [1.54, 1.807) is 23.6 Å². The van der Waals surface area contributed by atoms with Crippen molar-refractivity contribution in [3.8, 4) is 5.75 Å².